The molecule has 0 radical (unpaired) electrons. The van der Waals surface area contributed by atoms with Crippen LogP contribution in [0.3, 0.4) is 0 Å². The second-order valence-electron chi connectivity index (χ2n) is 4.10. The van der Waals surface area contributed by atoms with Crippen LogP contribution in [0.2, 0.25) is 0 Å². The Morgan fingerprint density at radius 3 is 2.85 bits per heavy atom. The Hall–Kier alpha value is -1.77. The fourth-order valence-corrected chi connectivity index (χ4v) is 2.66. The standard InChI is InChI=1S/C12H16N4O3S/c1-2-13-7-10-4-3-5-11(6-10)20(17,18)15-8-12-14-9-19-16-12/h3-6,9,13,15H,2,7-8H2,1H3. The van der Waals surface area contributed by atoms with E-state index in [1.165, 1.54) is 0 Å². The molecule has 1 heterocycles. The lowest BCUT2D eigenvalue weighted by Crippen LogP contribution is -2.24. The maximum absolute atomic E-state index is 12.1. The Morgan fingerprint density at radius 2 is 2.15 bits per heavy atom. The van der Waals surface area contributed by atoms with Gasteiger partial charge in [0.25, 0.3) is 0 Å². The van der Waals surface area contributed by atoms with E-state index in [0.29, 0.717) is 6.54 Å². The molecule has 0 spiro atoms. The number of nitrogens with zero attached hydrogens (tertiary/aromatic N) is 2. The van der Waals surface area contributed by atoms with Gasteiger partial charge in [0.2, 0.25) is 16.4 Å². The first-order valence-electron chi connectivity index (χ1n) is 6.16. The normalized spacial score (nSPS) is 11.7. The van der Waals surface area contributed by atoms with Crippen molar-refractivity contribution in [2.24, 2.45) is 0 Å². The van der Waals surface area contributed by atoms with Gasteiger partial charge in [0, 0.05) is 6.54 Å². The van der Waals surface area contributed by atoms with Crippen molar-refractivity contribution in [2.75, 3.05) is 6.54 Å². The summed E-state index contributed by atoms with van der Waals surface area (Å²) in [5.74, 6) is 0.289. The molecule has 0 aliphatic heterocycles. The van der Waals surface area contributed by atoms with Crippen LogP contribution < -0.4 is 10.0 Å². The van der Waals surface area contributed by atoms with Gasteiger partial charge in [-0.15, -0.1) is 0 Å². The molecule has 0 aliphatic carbocycles. The van der Waals surface area contributed by atoms with Crippen molar-refractivity contribution >= 4 is 10.0 Å². The van der Waals surface area contributed by atoms with E-state index in [2.05, 4.69) is 24.7 Å². The van der Waals surface area contributed by atoms with E-state index in [0.717, 1.165) is 18.5 Å². The van der Waals surface area contributed by atoms with Gasteiger partial charge in [0.05, 0.1) is 11.4 Å². The number of hydrogen-bond acceptors (Lipinski definition) is 6. The summed E-state index contributed by atoms with van der Waals surface area (Å²) in [6.07, 6.45) is 1.15. The molecule has 0 atom stereocenters. The zero-order valence-electron chi connectivity index (χ0n) is 11.0. The lowest BCUT2D eigenvalue weighted by atomic mass is 10.2. The minimum absolute atomic E-state index is 0.00370. The molecular weight excluding hydrogens is 280 g/mol. The monoisotopic (exact) mass is 296 g/mol. The maximum Gasteiger partial charge on any atom is 0.240 e. The third-order valence-corrected chi connectivity index (χ3v) is 4.01. The summed E-state index contributed by atoms with van der Waals surface area (Å²) >= 11 is 0. The van der Waals surface area contributed by atoms with Gasteiger partial charge in [-0.3, -0.25) is 0 Å². The van der Waals surface area contributed by atoms with Gasteiger partial charge in [-0.1, -0.05) is 24.2 Å². The van der Waals surface area contributed by atoms with E-state index >= 15 is 0 Å². The highest BCUT2D eigenvalue weighted by Crippen LogP contribution is 2.11. The van der Waals surface area contributed by atoms with Crippen LogP contribution in [0.1, 0.15) is 18.3 Å². The molecule has 20 heavy (non-hydrogen) atoms. The number of aromatic nitrogens is 2. The Morgan fingerprint density at radius 1 is 1.30 bits per heavy atom. The number of benzene rings is 1. The predicted octanol–water partition coefficient (Wildman–Crippen LogP) is 0.658. The average molecular weight is 296 g/mol. The maximum atomic E-state index is 12.1. The summed E-state index contributed by atoms with van der Waals surface area (Å²) in [4.78, 5) is 3.98. The van der Waals surface area contributed by atoms with Crippen LogP contribution >= 0.6 is 0 Å². The highest BCUT2D eigenvalue weighted by molar-refractivity contribution is 7.89. The molecule has 0 bridgehead atoms. The van der Waals surface area contributed by atoms with Gasteiger partial charge < -0.3 is 9.84 Å². The minimum atomic E-state index is -3.58. The summed E-state index contributed by atoms with van der Waals surface area (Å²) in [6, 6.07) is 6.78. The van der Waals surface area contributed by atoms with Crippen molar-refractivity contribution in [2.45, 2.75) is 24.9 Å². The molecule has 0 saturated carbocycles. The fraction of sp³-hybridized carbons (Fsp3) is 0.333. The molecule has 1 aromatic carbocycles. The van der Waals surface area contributed by atoms with Crippen molar-refractivity contribution in [3.63, 3.8) is 0 Å². The highest BCUT2D eigenvalue weighted by atomic mass is 32.2. The second kappa shape index (κ2) is 6.60. The molecule has 2 N–H and O–H groups in total. The third kappa shape index (κ3) is 3.86. The zero-order valence-corrected chi connectivity index (χ0v) is 11.9. The molecule has 0 fully saturated rings. The van der Waals surface area contributed by atoms with E-state index in [9.17, 15) is 8.42 Å². The molecule has 7 nitrogen and oxygen atoms in total. The quantitative estimate of drug-likeness (QED) is 0.779. The number of rotatable bonds is 7. The molecule has 0 aliphatic rings. The summed E-state index contributed by atoms with van der Waals surface area (Å²) in [5.41, 5.74) is 0.911. The lowest BCUT2D eigenvalue weighted by Gasteiger charge is -2.07. The third-order valence-electron chi connectivity index (χ3n) is 2.62. The molecule has 2 rings (SSSR count). The Labute approximate surface area is 117 Å². The van der Waals surface area contributed by atoms with Crippen molar-refractivity contribution in [3.8, 4) is 0 Å². The smallest absolute Gasteiger partial charge is 0.240 e. The van der Waals surface area contributed by atoms with Crippen molar-refractivity contribution in [1.82, 2.24) is 20.2 Å². The lowest BCUT2D eigenvalue weighted by molar-refractivity contribution is 0.409. The molecule has 0 amide bonds. The van der Waals surface area contributed by atoms with Crippen LogP contribution in [0.15, 0.2) is 40.1 Å². The van der Waals surface area contributed by atoms with Gasteiger partial charge in [0.15, 0.2) is 5.82 Å². The van der Waals surface area contributed by atoms with E-state index in [4.69, 9.17) is 0 Å². The highest BCUT2D eigenvalue weighted by Gasteiger charge is 2.15. The van der Waals surface area contributed by atoms with Gasteiger partial charge >= 0.3 is 0 Å². The van der Waals surface area contributed by atoms with Crippen LogP contribution in [-0.4, -0.2) is 25.1 Å². The Kier molecular flexibility index (Phi) is 4.83. The van der Waals surface area contributed by atoms with Gasteiger partial charge in [-0.05, 0) is 24.2 Å². The summed E-state index contributed by atoms with van der Waals surface area (Å²) in [7, 11) is -3.58. The van der Waals surface area contributed by atoms with Crippen molar-refractivity contribution in [3.05, 3.63) is 42.0 Å². The van der Waals surface area contributed by atoms with Crippen LogP contribution in [0.25, 0.3) is 0 Å². The number of sulfonamides is 1. The van der Waals surface area contributed by atoms with Gasteiger partial charge in [-0.2, -0.15) is 4.98 Å². The summed E-state index contributed by atoms with van der Waals surface area (Å²) in [5, 5.41) is 6.70. The summed E-state index contributed by atoms with van der Waals surface area (Å²) < 4.78 is 31.2. The number of nitrogens with one attached hydrogen (secondary N) is 2. The van der Waals surface area contributed by atoms with Crippen LogP contribution in [-0.2, 0) is 23.1 Å². The largest absolute Gasteiger partial charge is 0.343 e. The Balaban J connectivity index is 2.08. The SMILES string of the molecule is CCNCc1cccc(S(=O)(=O)NCc2ncon2)c1. The molecule has 1 aromatic heterocycles. The Bertz CT molecular complexity index is 640. The molecule has 8 heteroatoms. The molecule has 108 valence electrons. The van der Waals surface area contributed by atoms with Crippen molar-refractivity contribution in [1.29, 1.82) is 0 Å². The molecule has 0 unspecified atom stereocenters. The van der Waals surface area contributed by atoms with E-state index in [1.807, 2.05) is 13.0 Å². The van der Waals surface area contributed by atoms with E-state index in [-0.39, 0.29) is 17.3 Å². The van der Waals surface area contributed by atoms with Gasteiger partial charge in [0.1, 0.15) is 0 Å². The molecular formula is C12H16N4O3S. The van der Waals surface area contributed by atoms with Gasteiger partial charge in [-0.25, -0.2) is 13.1 Å². The predicted molar refractivity (Wildman–Crippen MR) is 72.1 cm³/mol. The van der Waals surface area contributed by atoms with Crippen LogP contribution in [0.5, 0.6) is 0 Å². The zero-order chi connectivity index (χ0) is 14.4. The molecule has 0 saturated heterocycles. The van der Waals surface area contributed by atoms with Crippen LogP contribution in [0.4, 0.5) is 0 Å². The van der Waals surface area contributed by atoms with Crippen LogP contribution in [0, 0.1) is 0 Å². The first-order valence-corrected chi connectivity index (χ1v) is 7.64. The average Bonchev–Trinajstić information content (AvgIpc) is 2.97. The first kappa shape index (κ1) is 14.6. The topological polar surface area (TPSA) is 97.1 Å². The minimum Gasteiger partial charge on any atom is -0.343 e. The summed E-state index contributed by atoms with van der Waals surface area (Å²) in [6.45, 7) is 3.45. The van der Waals surface area contributed by atoms with E-state index < -0.39 is 10.0 Å². The number of hydrogen-bond donors (Lipinski definition) is 2. The molecule has 2 aromatic rings. The second-order valence-corrected chi connectivity index (χ2v) is 5.87. The fourth-order valence-electron chi connectivity index (χ4n) is 1.61. The first-order chi connectivity index (χ1) is 9.62. The van der Waals surface area contributed by atoms with E-state index in [1.54, 1.807) is 18.2 Å². The van der Waals surface area contributed by atoms with Crippen molar-refractivity contribution < 1.29 is 12.9 Å².